The van der Waals surface area contributed by atoms with Crippen molar-refractivity contribution in [1.82, 2.24) is 4.90 Å². The van der Waals surface area contributed by atoms with E-state index in [2.05, 4.69) is 0 Å². The van der Waals surface area contributed by atoms with Crippen LogP contribution in [0.1, 0.15) is 11.1 Å². The van der Waals surface area contributed by atoms with Gasteiger partial charge in [0.2, 0.25) is 6.79 Å². The molecule has 4 rings (SSSR count). The summed E-state index contributed by atoms with van der Waals surface area (Å²) in [5, 5.41) is 0.660. The number of carbonyl (C=O) groups is 1. The number of rotatable bonds is 3. The van der Waals surface area contributed by atoms with E-state index in [4.69, 9.17) is 33.3 Å². The molecule has 1 saturated heterocycles. The van der Waals surface area contributed by atoms with Gasteiger partial charge in [-0.3, -0.25) is 9.69 Å². The van der Waals surface area contributed by atoms with Crippen molar-refractivity contribution in [3.63, 3.8) is 0 Å². The van der Waals surface area contributed by atoms with Crippen LogP contribution in [0.15, 0.2) is 47.4 Å². The highest BCUT2D eigenvalue weighted by Crippen LogP contribution is 2.36. The molecule has 1 fully saturated rings. The van der Waals surface area contributed by atoms with Crippen molar-refractivity contribution >= 4 is 51.9 Å². The number of thiocarbonyl (C=S) groups is 1. The third-order valence-electron chi connectivity index (χ3n) is 3.82. The molecule has 2 heterocycles. The van der Waals surface area contributed by atoms with Gasteiger partial charge in [-0.05, 0) is 41.5 Å². The lowest BCUT2D eigenvalue weighted by atomic mass is 10.2. The highest BCUT2D eigenvalue weighted by Gasteiger charge is 2.32. The zero-order valence-electron chi connectivity index (χ0n) is 12.9. The third-order valence-corrected chi connectivity index (χ3v) is 5.45. The quantitative estimate of drug-likeness (QED) is 0.572. The maximum absolute atomic E-state index is 12.7. The maximum Gasteiger partial charge on any atom is 0.266 e. The smallest absolute Gasteiger partial charge is 0.266 e. The summed E-state index contributed by atoms with van der Waals surface area (Å²) in [7, 11) is 0. The summed E-state index contributed by atoms with van der Waals surface area (Å²) in [6, 6.07) is 13.0. The van der Waals surface area contributed by atoms with Gasteiger partial charge in [-0.1, -0.05) is 53.8 Å². The molecule has 1 amide bonds. The minimum Gasteiger partial charge on any atom is -0.454 e. The van der Waals surface area contributed by atoms with Crippen LogP contribution in [0.3, 0.4) is 0 Å². The molecular formula is C18H12ClNO3S2. The Bertz CT molecular complexity index is 896. The highest BCUT2D eigenvalue weighted by molar-refractivity contribution is 8.26. The van der Waals surface area contributed by atoms with E-state index < -0.39 is 0 Å². The molecule has 0 N–H and O–H groups in total. The number of hydrogen-bond acceptors (Lipinski definition) is 5. The van der Waals surface area contributed by atoms with Crippen molar-refractivity contribution in [2.75, 3.05) is 6.79 Å². The van der Waals surface area contributed by atoms with E-state index in [9.17, 15) is 4.79 Å². The fourth-order valence-electron chi connectivity index (χ4n) is 2.57. The van der Waals surface area contributed by atoms with E-state index in [1.807, 2.05) is 36.4 Å². The molecule has 0 aromatic heterocycles. The Morgan fingerprint density at radius 3 is 2.72 bits per heavy atom. The predicted octanol–water partition coefficient (Wildman–Crippen LogP) is 4.47. The second kappa shape index (κ2) is 6.71. The number of amides is 1. The van der Waals surface area contributed by atoms with Gasteiger partial charge in [-0.15, -0.1) is 0 Å². The van der Waals surface area contributed by atoms with E-state index in [-0.39, 0.29) is 12.7 Å². The van der Waals surface area contributed by atoms with E-state index in [1.165, 1.54) is 11.8 Å². The number of fused-ring (bicyclic) bond motifs is 1. The first kappa shape index (κ1) is 16.4. The van der Waals surface area contributed by atoms with Crippen molar-refractivity contribution in [2.24, 2.45) is 0 Å². The maximum atomic E-state index is 12.7. The van der Waals surface area contributed by atoms with Crippen LogP contribution in [-0.2, 0) is 11.3 Å². The third kappa shape index (κ3) is 3.38. The first-order valence-electron chi connectivity index (χ1n) is 7.49. The number of hydrogen-bond donors (Lipinski definition) is 0. The molecule has 0 bridgehead atoms. The molecule has 7 heteroatoms. The van der Waals surface area contributed by atoms with Crippen molar-refractivity contribution in [3.8, 4) is 11.5 Å². The molecule has 2 aromatic carbocycles. The number of halogens is 1. The summed E-state index contributed by atoms with van der Waals surface area (Å²) in [5.74, 6) is 1.32. The Labute approximate surface area is 159 Å². The molecule has 2 aromatic rings. The summed E-state index contributed by atoms with van der Waals surface area (Å²) >= 11 is 12.6. The second-order valence-electron chi connectivity index (χ2n) is 5.51. The van der Waals surface area contributed by atoms with Crippen LogP contribution in [0.4, 0.5) is 0 Å². The lowest BCUT2D eigenvalue weighted by Crippen LogP contribution is -2.27. The number of nitrogens with zero attached hydrogens (tertiary/aromatic N) is 1. The molecule has 0 aliphatic carbocycles. The van der Waals surface area contributed by atoms with Crippen molar-refractivity contribution in [2.45, 2.75) is 6.54 Å². The Hall–Kier alpha value is -2.02. The largest absolute Gasteiger partial charge is 0.454 e. The van der Waals surface area contributed by atoms with Gasteiger partial charge in [0, 0.05) is 5.02 Å². The molecule has 0 atom stereocenters. The molecule has 25 heavy (non-hydrogen) atoms. The topological polar surface area (TPSA) is 38.8 Å². The van der Waals surface area contributed by atoms with Gasteiger partial charge < -0.3 is 9.47 Å². The first-order chi connectivity index (χ1) is 12.1. The zero-order chi connectivity index (χ0) is 17.4. The molecule has 0 unspecified atom stereocenters. The van der Waals surface area contributed by atoms with Crippen LogP contribution in [0, 0.1) is 0 Å². The van der Waals surface area contributed by atoms with Crippen LogP contribution in [0.5, 0.6) is 11.5 Å². The monoisotopic (exact) mass is 389 g/mol. The molecule has 2 aliphatic heterocycles. The number of carbonyl (C=O) groups excluding carboxylic acids is 1. The molecule has 126 valence electrons. The van der Waals surface area contributed by atoms with E-state index >= 15 is 0 Å². The fourth-order valence-corrected chi connectivity index (χ4v) is 3.95. The predicted molar refractivity (Wildman–Crippen MR) is 103 cm³/mol. The second-order valence-corrected chi connectivity index (χ2v) is 7.62. The molecule has 0 radical (unpaired) electrons. The molecule has 0 spiro atoms. The summed E-state index contributed by atoms with van der Waals surface area (Å²) < 4.78 is 11.2. The fraction of sp³-hybridized carbons (Fsp3) is 0.111. The molecule has 4 nitrogen and oxygen atoms in total. The van der Waals surface area contributed by atoms with Gasteiger partial charge in [0.15, 0.2) is 11.5 Å². The minimum absolute atomic E-state index is 0.0948. The van der Waals surface area contributed by atoms with E-state index in [0.717, 1.165) is 16.9 Å². The van der Waals surface area contributed by atoms with Crippen molar-refractivity contribution < 1.29 is 14.3 Å². The van der Waals surface area contributed by atoms with Crippen molar-refractivity contribution in [3.05, 3.63) is 63.5 Å². The standard InChI is InChI=1S/C18H12ClNO3S2/c19-13-4-1-11(2-5-13)8-16-17(21)20(18(24)25-16)9-12-3-6-14-15(7-12)23-10-22-14/h1-8H,9-10H2/b16-8-. The van der Waals surface area contributed by atoms with Crippen LogP contribution < -0.4 is 9.47 Å². The van der Waals surface area contributed by atoms with Crippen LogP contribution in [0.25, 0.3) is 6.08 Å². The van der Waals surface area contributed by atoms with Gasteiger partial charge in [0.25, 0.3) is 5.91 Å². The summed E-state index contributed by atoms with van der Waals surface area (Å²) in [6.45, 7) is 0.628. The van der Waals surface area contributed by atoms with Gasteiger partial charge in [0.05, 0.1) is 11.4 Å². The number of benzene rings is 2. The van der Waals surface area contributed by atoms with E-state index in [1.54, 1.807) is 17.0 Å². The Morgan fingerprint density at radius 1 is 1.16 bits per heavy atom. The molecule has 2 aliphatic rings. The average molecular weight is 390 g/mol. The van der Waals surface area contributed by atoms with E-state index in [0.29, 0.717) is 26.5 Å². The Balaban J connectivity index is 1.54. The first-order valence-corrected chi connectivity index (χ1v) is 9.10. The summed E-state index contributed by atoms with van der Waals surface area (Å²) in [5.41, 5.74) is 1.85. The zero-order valence-corrected chi connectivity index (χ0v) is 15.3. The number of thioether (sulfide) groups is 1. The van der Waals surface area contributed by atoms with Crippen LogP contribution in [-0.4, -0.2) is 21.9 Å². The Morgan fingerprint density at radius 2 is 1.92 bits per heavy atom. The lowest BCUT2D eigenvalue weighted by molar-refractivity contribution is -0.122. The minimum atomic E-state index is -0.0948. The van der Waals surface area contributed by atoms with Gasteiger partial charge in [-0.2, -0.15) is 0 Å². The van der Waals surface area contributed by atoms with Gasteiger partial charge >= 0.3 is 0 Å². The molecular weight excluding hydrogens is 378 g/mol. The highest BCUT2D eigenvalue weighted by atomic mass is 35.5. The summed E-state index contributed by atoms with van der Waals surface area (Å²) in [4.78, 5) is 14.9. The molecule has 0 saturated carbocycles. The average Bonchev–Trinajstić information content (AvgIpc) is 3.17. The SMILES string of the molecule is O=C1/C(=C/c2ccc(Cl)cc2)SC(=S)N1Cc1ccc2c(c1)OCO2. The summed E-state index contributed by atoms with van der Waals surface area (Å²) in [6.07, 6.45) is 1.83. The Kier molecular flexibility index (Phi) is 4.41. The number of ether oxygens (including phenoxy) is 2. The van der Waals surface area contributed by atoms with Gasteiger partial charge in [0.1, 0.15) is 4.32 Å². The normalized spacial score (nSPS) is 17.6. The van der Waals surface area contributed by atoms with Crippen LogP contribution >= 0.6 is 35.6 Å². The van der Waals surface area contributed by atoms with Crippen LogP contribution in [0.2, 0.25) is 5.02 Å². The lowest BCUT2D eigenvalue weighted by Gasteiger charge is -2.14. The van der Waals surface area contributed by atoms with Crippen molar-refractivity contribution in [1.29, 1.82) is 0 Å². The van der Waals surface area contributed by atoms with Gasteiger partial charge in [-0.25, -0.2) is 0 Å².